The van der Waals surface area contributed by atoms with Crippen molar-refractivity contribution in [3.8, 4) is 0 Å². The second-order valence-corrected chi connectivity index (χ2v) is 6.94. The number of halogens is 4. The van der Waals surface area contributed by atoms with E-state index in [2.05, 4.69) is 9.97 Å². The van der Waals surface area contributed by atoms with Gasteiger partial charge in [0.1, 0.15) is 21.3 Å². The molecule has 3 aromatic rings. The molecule has 0 spiro atoms. The van der Waals surface area contributed by atoms with E-state index in [1.54, 1.807) is 13.8 Å². The Balaban J connectivity index is 2.08. The molecule has 2 aromatic heterocycles. The van der Waals surface area contributed by atoms with E-state index >= 15 is 0 Å². The number of aromatic nitrogens is 2. The summed E-state index contributed by atoms with van der Waals surface area (Å²) in [5.41, 5.74) is -1.56. The molecule has 0 saturated heterocycles. The van der Waals surface area contributed by atoms with Gasteiger partial charge >= 0.3 is 12.1 Å². The minimum atomic E-state index is -4.68. The SMILES string of the molecule is CCOC(=O)c1sc2nc(Cc3cc(F)ccc3C(F)(F)F)[nH]c(=O)c2c1C. The molecule has 148 valence electrons. The third-order valence-electron chi connectivity index (χ3n) is 4.04. The van der Waals surface area contributed by atoms with Crippen LogP contribution in [0.5, 0.6) is 0 Å². The fourth-order valence-electron chi connectivity index (χ4n) is 2.83. The number of nitrogens with one attached hydrogen (secondary N) is 1. The summed E-state index contributed by atoms with van der Waals surface area (Å²) < 4.78 is 57.9. The van der Waals surface area contributed by atoms with Gasteiger partial charge in [0.05, 0.1) is 17.6 Å². The number of fused-ring (bicyclic) bond motifs is 1. The lowest BCUT2D eigenvalue weighted by Gasteiger charge is -2.12. The van der Waals surface area contributed by atoms with E-state index in [1.807, 2.05) is 0 Å². The van der Waals surface area contributed by atoms with Crippen LogP contribution in [0.25, 0.3) is 10.2 Å². The number of alkyl halides is 3. The molecule has 0 aliphatic rings. The zero-order valence-corrected chi connectivity index (χ0v) is 15.6. The van der Waals surface area contributed by atoms with Crippen molar-refractivity contribution in [1.29, 1.82) is 0 Å². The number of carbonyl (C=O) groups excluding carboxylic acids is 1. The van der Waals surface area contributed by atoms with Gasteiger partial charge in [-0.1, -0.05) is 0 Å². The molecule has 0 aliphatic heterocycles. The van der Waals surface area contributed by atoms with E-state index in [0.29, 0.717) is 11.6 Å². The second kappa shape index (κ2) is 7.34. The number of nitrogens with zero attached hydrogens (tertiary/aromatic N) is 1. The first-order valence-electron chi connectivity index (χ1n) is 8.16. The molecular weight excluding hydrogens is 400 g/mol. The van der Waals surface area contributed by atoms with Gasteiger partial charge in [-0.05, 0) is 43.2 Å². The molecular formula is C18H14F4N2O3S. The molecule has 5 nitrogen and oxygen atoms in total. The largest absolute Gasteiger partial charge is 0.462 e. The molecule has 3 rings (SSSR count). The fourth-order valence-corrected chi connectivity index (χ4v) is 3.92. The first-order valence-corrected chi connectivity index (χ1v) is 8.98. The highest BCUT2D eigenvalue weighted by Crippen LogP contribution is 2.33. The standard InChI is InChI=1S/C18H14F4N2O3S/c1-3-27-17(26)14-8(2)13-15(25)23-12(24-16(13)28-14)7-9-6-10(19)4-5-11(9)18(20,21)22/h4-6H,3,7H2,1-2H3,(H,23,24,25). The van der Waals surface area contributed by atoms with E-state index in [0.717, 1.165) is 23.5 Å². The summed E-state index contributed by atoms with van der Waals surface area (Å²) in [6.07, 6.45) is -5.10. The van der Waals surface area contributed by atoms with Gasteiger partial charge < -0.3 is 9.72 Å². The van der Waals surface area contributed by atoms with Gasteiger partial charge in [0, 0.05) is 6.42 Å². The quantitative estimate of drug-likeness (QED) is 0.513. The zero-order chi connectivity index (χ0) is 20.6. The van der Waals surface area contributed by atoms with Crippen molar-refractivity contribution in [2.75, 3.05) is 6.61 Å². The predicted molar refractivity (Wildman–Crippen MR) is 95.1 cm³/mol. The molecule has 0 amide bonds. The van der Waals surface area contributed by atoms with Crippen molar-refractivity contribution < 1.29 is 27.1 Å². The molecule has 10 heteroatoms. The summed E-state index contributed by atoms with van der Waals surface area (Å²) in [6.45, 7) is 3.36. The van der Waals surface area contributed by atoms with E-state index in [9.17, 15) is 27.2 Å². The van der Waals surface area contributed by atoms with Crippen LogP contribution in [-0.4, -0.2) is 22.5 Å². The van der Waals surface area contributed by atoms with E-state index in [-0.39, 0.29) is 33.1 Å². The van der Waals surface area contributed by atoms with Crippen LogP contribution in [0.2, 0.25) is 0 Å². The van der Waals surface area contributed by atoms with Crippen LogP contribution in [0.15, 0.2) is 23.0 Å². The Labute approximate surface area is 160 Å². The maximum atomic E-state index is 13.5. The lowest BCUT2D eigenvalue weighted by molar-refractivity contribution is -0.138. The number of aryl methyl sites for hydroxylation is 1. The van der Waals surface area contributed by atoms with Gasteiger partial charge in [-0.15, -0.1) is 11.3 Å². The Morgan fingerprint density at radius 3 is 2.68 bits per heavy atom. The highest BCUT2D eigenvalue weighted by atomic mass is 32.1. The summed E-state index contributed by atoms with van der Waals surface area (Å²) in [4.78, 5) is 31.4. The Bertz CT molecular complexity index is 1120. The Kier molecular flexibility index (Phi) is 5.24. The third-order valence-corrected chi connectivity index (χ3v) is 5.21. The van der Waals surface area contributed by atoms with Crippen LogP contribution in [0, 0.1) is 12.7 Å². The van der Waals surface area contributed by atoms with Crippen LogP contribution >= 0.6 is 11.3 Å². The van der Waals surface area contributed by atoms with Crippen molar-refractivity contribution in [2.45, 2.75) is 26.4 Å². The number of thiophene rings is 1. The van der Waals surface area contributed by atoms with Crippen LogP contribution in [-0.2, 0) is 17.3 Å². The number of esters is 1. The van der Waals surface area contributed by atoms with Gasteiger partial charge in [0.25, 0.3) is 5.56 Å². The first-order chi connectivity index (χ1) is 13.1. The number of hydrogen-bond acceptors (Lipinski definition) is 5. The van der Waals surface area contributed by atoms with Gasteiger partial charge in [-0.2, -0.15) is 13.2 Å². The zero-order valence-electron chi connectivity index (χ0n) is 14.7. The molecule has 0 radical (unpaired) electrons. The highest BCUT2D eigenvalue weighted by Gasteiger charge is 2.33. The summed E-state index contributed by atoms with van der Waals surface area (Å²) in [5.74, 6) is -1.50. The topological polar surface area (TPSA) is 72.0 Å². The number of H-pyrrole nitrogens is 1. The molecule has 28 heavy (non-hydrogen) atoms. The lowest BCUT2D eigenvalue weighted by atomic mass is 10.0. The normalized spacial score (nSPS) is 11.8. The maximum Gasteiger partial charge on any atom is 0.416 e. The van der Waals surface area contributed by atoms with Crippen LogP contribution in [0.3, 0.4) is 0 Å². The van der Waals surface area contributed by atoms with Crippen LogP contribution < -0.4 is 5.56 Å². The van der Waals surface area contributed by atoms with E-state index < -0.39 is 35.5 Å². The van der Waals surface area contributed by atoms with Crippen molar-refractivity contribution in [3.63, 3.8) is 0 Å². The van der Waals surface area contributed by atoms with Crippen LogP contribution in [0.1, 0.15) is 39.1 Å². The average Bonchev–Trinajstić information content (AvgIpc) is 2.91. The fraction of sp³-hybridized carbons (Fsp3) is 0.278. The second-order valence-electron chi connectivity index (χ2n) is 5.95. The summed E-state index contributed by atoms with van der Waals surface area (Å²) in [6, 6.07) is 2.13. The van der Waals surface area contributed by atoms with Gasteiger partial charge in [-0.25, -0.2) is 14.2 Å². The highest BCUT2D eigenvalue weighted by molar-refractivity contribution is 7.20. The minimum Gasteiger partial charge on any atom is -0.462 e. The number of rotatable bonds is 4. The minimum absolute atomic E-state index is 0.0646. The lowest BCUT2D eigenvalue weighted by Crippen LogP contribution is -2.15. The Morgan fingerprint density at radius 1 is 1.32 bits per heavy atom. The molecule has 2 heterocycles. The first kappa shape index (κ1) is 20.0. The summed E-state index contributed by atoms with van der Waals surface area (Å²) in [7, 11) is 0. The number of hydrogen-bond donors (Lipinski definition) is 1. The summed E-state index contributed by atoms with van der Waals surface area (Å²) >= 11 is 0.922. The molecule has 0 bridgehead atoms. The molecule has 0 unspecified atom stereocenters. The van der Waals surface area contributed by atoms with Crippen molar-refractivity contribution in [3.05, 3.63) is 61.8 Å². The van der Waals surface area contributed by atoms with Gasteiger partial charge in [0.2, 0.25) is 0 Å². The molecule has 0 atom stereocenters. The average molecular weight is 414 g/mol. The van der Waals surface area contributed by atoms with Crippen LogP contribution in [0.4, 0.5) is 17.6 Å². The molecule has 1 N–H and O–H groups in total. The molecule has 1 aromatic carbocycles. The predicted octanol–water partition coefficient (Wildman–Crippen LogP) is 4.22. The summed E-state index contributed by atoms with van der Waals surface area (Å²) in [5, 5.41) is 0.173. The van der Waals surface area contributed by atoms with Gasteiger partial charge in [-0.3, -0.25) is 4.79 Å². The smallest absolute Gasteiger partial charge is 0.416 e. The monoisotopic (exact) mass is 414 g/mol. The number of aromatic amines is 1. The van der Waals surface area contributed by atoms with Crippen molar-refractivity contribution in [1.82, 2.24) is 9.97 Å². The number of benzene rings is 1. The van der Waals surface area contributed by atoms with Crippen molar-refractivity contribution in [2.24, 2.45) is 0 Å². The van der Waals surface area contributed by atoms with Crippen molar-refractivity contribution >= 4 is 27.5 Å². The van der Waals surface area contributed by atoms with Gasteiger partial charge in [0.15, 0.2) is 0 Å². The Morgan fingerprint density at radius 2 is 2.04 bits per heavy atom. The maximum absolute atomic E-state index is 13.5. The van der Waals surface area contributed by atoms with E-state index in [1.165, 1.54) is 0 Å². The molecule has 0 saturated carbocycles. The molecule has 0 aliphatic carbocycles. The number of ether oxygens (including phenoxy) is 1. The Hall–Kier alpha value is -2.75. The third kappa shape index (κ3) is 3.77. The number of carbonyl (C=O) groups is 1. The van der Waals surface area contributed by atoms with E-state index in [4.69, 9.17) is 4.74 Å². The molecule has 0 fully saturated rings.